The normalized spacial score (nSPS) is 16.0. The summed E-state index contributed by atoms with van der Waals surface area (Å²) in [5.74, 6) is 1.44. The second-order valence-corrected chi connectivity index (χ2v) is 8.70. The van der Waals surface area contributed by atoms with Crippen LogP contribution in [-0.2, 0) is 0 Å². The summed E-state index contributed by atoms with van der Waals surface area (Å²) in [6.07, 6.45) is 3.94. The van der Waals surface area contributed by atoms with E-state index in [0.29, 0.717) is 22.2 Å². The number of para-hydroxylation sites is 2. The van der Waals surface area contributed by atoms with E-state index in [0.717, 1.165) is 28.2 Å². The third-order valence-corrected chi connectivity index (χ3v) is 6.44. The summed E-state index contributed by atoms with van der Waals surface area (Å²) in [7, 11) is 0. The minimum atomic E-state index is -2.95. The van der Waals surface area contributed by atoms with Gasteiger partial charge >= 0.3 is 6.61 Å². The zero-order valence-electron chi connectivity index (χ0n) is 18.6. The standard InChI is InChI=1S/C27H19ClF2N4O/c1-16-24-25(20-7-3-5-9-22(20)35-27(29)30)33-21-8-4-2-6-17(21)10-15-23(33)31-26(24)34(32-16)19-13-11-18(28)12-14-19/h2-15,25,27H,1H3. The van der Waals surface area contributed by atoms with Crippen LogP contribution < -0.4 is 9.64 Å². The summed E-state index contributed by atoms with van der Waals surface area (Å²) in [6.45, 7) is -1.04. The summed E-state index contributed by atoms with van der Waals surface area (Å²) in [6, 6.07) is 21.7. The van der Waals surface area contributed by atoms with E-state index in [1.54, 1.807) is 28.9 Å². The third-order valence-electron chi connectivity index (χ3n) is 6.19. The lowest BCUT2D eigenvalue weighted by Gasteiger charge is -2.39. The minimum Gasteiger partial charge on any atom is -0.434 e. The van der Waals surface area contributed by atoms with Crippen LogP contribution in [0, 0.1) is 6.92 Å². The Kier molecular flexibility index (Phi) is 5.15. The number of fused-ring (bicyclic) bond motifs is 4. The van der Waals surface area contributed by atoms with E-state index in [9.17, 15) is 8.78 Å². The van der Waals surface area contributed by atoms with E-state index in [1.807, 2.05) is 67.6 Å². The number of halogens is 3. The van der Waals surface area contributed by atoms with Crippen molar-refractivity contribution in [2.75, 3.05) is 4.90 Å². The molecule has 0 saturated heterocycles. The molecule has 0 radical (unpaired) electrons. The molecule has 1 atom stereocenters. The number of alkyl halides is 2. The smallest absolute Gasteiger partial charge is 0.387 e. The number of aliphatic imine (C=N–C) groups is 1. The maximum atomic E-state index is 13.4. The second kappa shape index (κ2) is 8.36. The SMILES string of the molecule is Cc1nn(-c2ccc(Cl)cc2)c2c1C(c1ccccc1OC(F)F)N1C(=N2)C=Cc2ccccc21. The Balaban J connectivity index is 1.63. The van der Waals surface area contributed by atoms with Crippen LogP contribution in [0.1, 0.15) is 28.4 Å². The molecule has 0 saturated carbocycles. The molecule has 1 unspecified atom stereocenters. The molecule has 0 aliphatic carbocycles. The first-order valence-corrected chi connectivity index (χ1v) is 11.4. The molecule has 6 rings (SSSR count). The van der Waals surface area contributed by atoms with Crippen LogP contribution >= 0.6 is 11.6 Å². The summed E-state index contributed by atoms with van der Waals surface area (Å²) >= 11 is 6.10. The van der Waals surface area contributed by atoms with Gasteiger partial charge in [0.05, 0.1) is 23.1 Å². The van der Waals surface area contributed by atoms with Gasteiger partial charge in [-0.05, 0) is 61.0 Å². The van der Waals surface area contributed by atoms with E-state index in [2.05, 4.69) is 4.90 Å². The van der Waals surface area contributed by atoms with Gasteiger partial charge < -0.3 is 9.64 Å². The van der Waals surface area contributed by atoms with Crippen molar-refractivity contribution in [3.63, 3.8) is 0 Å². The lowest BCUT2D eigenvalue weighted by atomic mass is 9.91. The number of anilines is 1. The van der Waals surface area contributed by atoms with Crippen molar-refractivity contribution in [3.8, 4) is 11.4 Å². The molecule has 5 nitrogen and oxygen atoms in total. The Morgan fingerprint density at radius 2 is 1.69 bits per heavy atom. The highest BCUT2D eigenvalue weighted by Gasteiger charge is 2.39. The first-order chi connectivity index (χ1) is 17.0. The molecule has 1 aromatic heterocycles. The number of aryl methyl sites for hydroxylation is 1. The van der Waals surface area contributed by atoms with Gasteiger partial charge in [0.1, 0.15) is 11.6 Å². The van der Waals surface area contributed by atoms with Crippen molar-refractivity contribution in [1.82, 2.24) is 9.78 Å². The van der Waals surface area contributed by atoms with Gasteiger partial charge in [-0.25, -0.2) is 9.67 Å². The number of rotatable bonds is 4. The lowest BCUT2D eigenvalue weighted by molar-refractivity contribution is -0.0505. The molecule has 0 fully saturated rings. The Bertz CT molecular complexity index is 1490. The highest BCUT2D eigenvalue weighted by atomic mass is 35.5. The Hall–Kier alpha value is -3.97. The maximum absolute atomic E-state index is 13.4. The van der Waals surface area contributed by atoms with Crippen molar-refractivity contribution in [1.29, 1.82) is 0 Å². The number of amidine groups is 1. The third kappa shape index (κ3) is 3.59. The first kappa shape index (κ1) is 21.6. The number of ether oxygens (including phenoxy) is 1. The average Bonchev–Trinajstić information content (AvgIpc) is 3.19. The zero-order valence-corrected chi connectivity index (χ0v) is 19.3. The van der Waals surface area contributed by atoms with Crippen molar-refractivity contribution in [2.45, 2.75) is 19.6 Å². The Labute approximate surface area is 205 Å². The van der Waals surface area contributed by atoms with Gasteiger partial charge in [0, 0.05) is 16.1 Å². The highest BCUT2D eigenvalue weighted by molar-refractivity contribution is 6.30. The van der Waals surface area contributed by atoms with Gasteiger partial charge in [-0.2, -0.15) is 13.9 Å². The highest BCUT2D eigenvalue weighted by Crippen LogP contribution is 2.48. The lowest BCUT2D eigenvalue weighted by Crippen LogP contribution is -2.39. The molecule has 2 aliphatic rings. The number of hydrogen-bond acceptors (Lipinski definition) is 4. The summed E-state index contributed by atoms with van der Waals surface area (Å²) < 4.78 is 33.5. The molecule has 0 N–H and O–H groups in total. The summed E-state index contributed by atoms with van der Waals surface area (Å²) in [5, 5.41) is 5.42. The van der Waals surface area contributed by atoms with E-state index < -0.39 is 12.7 Å². The molecular weight excluding hydrogens is 470 g/mol. The van der Waals surface area contributed by atoms with Crippen molar-refractivity contribution in [2.24, 2.45) is 4.99 Å². The molecule has 0 spiro atoms. The quantitative estimate of drug-likeness (QED) is 0.307. The second-order valence-electron chi connectivity index (χ2n) is 8.26. The molecule has 35 heavy (non-hydrogen) atoms. The van der Waals surface area contributed by atoms with Gasteiger partial charge in [-0.1, -0.05) is 48.0 Å². The fourth-order valence-electron chi connectivity index (χ4n) is 4.74. The van der Waals surface area contributed by atoms with E-state index in [-0.39, 0.29) is 5.75 Å². The average molecular weight is 489 g/mol. The molecule has 8 heteroatoms. The van der Waals surface area contributed by atoms with Crippen molar-refractivity contribution in [3.05, 3.63) is 106 Å². The number of nitrogens with zero attached hydrogens (tertiary/aromatic N) is 4. The summed E-state index contributed by atoms with van der Waals surface area (Å²) in [5.41, 5.74) is 4.89. The largest absolute Gasteiger partial charge is 0.434 e. The number of benzene rings is 3. The predicted molar refractivity (Wildman–Crippen MR) is 133 cm³/mol. The zero-order chi connectivity index (χ0) is 24.1. The number of hydrogen-bond donors (Lipinski definition) is 0. The summed E-state index contributed by atoms with van der Waals surface area (Å²) in [4.78, 5) is 7.05. The van der Waals surface area contributed by atoms with E-state index >= 15 is 0 Å². The molecule has 174 valence electrons. The van der Waals surface area contributed by atoms with Crippen molar-refractivity contribution < 1.29 is 13.5 Å². The van der Waals surface area contributed by atoms with Crippen LogP contribution in [0.25, 0.3) is 11.8 Å². The molecule has 3 aromatic carbocycles. The molecule has 0 amide bonds. The number of aromatic nitrogens is 2. The Morgan fingerprint density at radius 3 is 2.49 bits per heavy atom. The molecule has 2 aliphatic heterocycles. The van der Waals surface area contributed by atoms with Crippen LogP contribution in [-0.4, -0.2) is 22.2 Å². The van der Waals surface area contributed by atoms with Gasteiger partial charge in [0.15, 0.2) is 5.82 Å². The Morgan fingerprint density at radius 1 is 0.943 bits per heavy atom. The monoisotopic (exact) mass is 488 g/mol. The fraction of sp³-hybridized carbons (Fsp3) is 0.111. The predicted octanol–water partition coefficient (Wildman–Crippen LogP) is 7.10. The van der Waals surface area contributed by atoms with Gasteiger partial charge in [0.25, 0.3) is 0 Å². The molecular formula is C27H19ClF2N4O. The van der Waals surface area contributed by atoms with Crippen LogP contribution in [0.4, 0.5) is 20.3 Å². The van der Waals surface area contributed by atoms with Gasteiger partial charge in [-0.15, -0.1) is 0 Å². The minimum absolute atomic E-state index is 0.116. The van der Waals surface area contributed by atoms with Gasteiger partial charge in [-0.3, -0.25) is 0 Å². The first-order valence-electron chi connectivity index (χ1n) is 11.1. The van der Waals surface area contributed by atoms with E-state index in [4.69, 9.17) is 26.4 Å². The van der Waals surface area contributed by atoms with Crippen molar-refractivity contribution >= 4 is 35.0 Å². The van der Waals surface area contributed by atoms with Crippen LogP contribution in [0.5, 0.6) is 5.75 Å². The maximum Gasteiger partial charge on any atom is 0.387 e. The van der Waals surface area contributed by atoms with Gasteiger partial charge in [0.2, 0.25) is 0 Å². The van der Waals surface area contributed by atoms with E-state index in [1.165, 1.54) is 0 Å². The van der Waals surface area contributed by atoms with Crippen LogP contribution in [0.15, 0.2) is 83.9 Å². The van der Waals surface area contributed by atoms with Crippen LogP contribution in [0.3, 0.4) is 0 Å². The fourth-order valence-corrected chi connectivity index (χ4v) is 4.86. The topological polar surface area (TPSA) is 42.6 Å². The van der Waals surface area contributed by atoms with Crippen LogP contribution in [0.2, 0.25) is 5.02 Å². The molecule has 3 heterocycles. The molecule has 4 aromatic rings. The molecule has 0 bridgehead atoms.